The number of nitrogens with one attached hydrogen (secondary N) is 3. The van der Waals surface area contributed by atoms with Gasteiger partial charge in [-0.3, -0.25) is 4.79 Å². The van der Waals surface area contributed by atoms with Crippen molar-refractivity contribution >= 4 is 28.9 Å². The zero-order chi connectivity index (χ0) is 19.4. The molecule has 3 rings (SSSR count). The van der Waals surface area contributed by atoms with Gasteiger partial charge in [0.15, 0.2) is 5.11 Å². The van der Waals surface area contributed by atoms with Crippen LogP contribution in [-0.2, 0) is 4.79 Å². The Morgan fingerprint density at radius 3 is 2.56 bits per heavy atom. The molecule has 2 aromatic rings. The summed E-state index contributed by atoms with van der Waals surface area (Å²) < 4.78 is 5.61. The van der Waals surface area contributed by atoms with E-state index in [2.05, 4.69) is 16.0 Å². The molecule has 6 heteroatoms. The summed E-state index contributed by atoms with van der Waals surface area (Å²) in [5.41, 5.74) is 4.11. The van der Waals surface area contributed by atoms with Crippen molar-refractivity contribution in [3.63, 3.8) is 0 Å². The van der Waals surface area contributed by atoms with E-state index >= 15 is 0 Å². The van der Waals surface area contributed by atoms with Crippen LogP contribution in [0.5, 0.6) is 5.75 Å². The van der Waals surface area contributed by atoms with Crippen LogP contribution in [0.2, 0.25) is 0 Å². The Morgan fingerprint density at radius 1 is 1.15 bits per heavy atom. The number of anilines is 1. The lowest BCUT2D eigenvalue weighted by atomic mass is 9.94. The minimum absolute atomic E-state index is 0.201. The number of carbonyl (C=O) groups is 1. The quantitative estimate of drug-likeness (QED) is 0.687. The summed E-state index contributed by atoms with van der Waals surface area (Å²) >= 11 is 5.30. The molecule has 0 radical (unpaired) electrons. The third kappa shape index (κ3) is 4.28. The van der Waals surface area contributed by atoms with E-state index in [1.807, 2.05) is 69.3 Å². The molecule has 1 aliphatic rings. The number of para-hydroxylation sites is 2. The minimum Gasteiger partial charge on any atom is -0.492 e. The summed E-state index contributed by atoms with van der Waals surface area (Å²) in [6, 6.07) is 15.2. The molecule has 140 valence electrons. The third-order valence-corrected chi connectivity index (χ3v) is 4.58. The average molecular weight is 382 g/mol. The number of hydrogen-bond donors (Lipinski definition) is 3. The molecule has 1 atom stereocenters. The van der Waals surface area contributed by atoms with Crippen LogP contribution in [0.4, 0.5) is 5.69 Å². The van der Waals surface area contributed by atoms with Gasteiger partial charge in [-0.15, -0.1) is 0 Å². The Hall–Kier alpha value is -2.86. The van der Waals surface area contributed by atoms with Crippen molar-refractivity contribution in [2.24, 2.45) is 0 Å². The van der Waals surface area contributed by atoms with E-state index in [0.29, 0.717) is 28.7 Å². The number of benzene rings is 2. The highest BCUT2D eigenvalue weighted by Crippen LogP contribution is 2.30. The summed E-state index contributed by atoms with van der Waals surface area (Å²) in [6.07, 6.45) is 0. The minimum atomic E-state index is -0.321. The fourth-order valence-electron chi connectivity index (χ4n) is 3.04. The van der Waals surface area contributed by atoms with Gasteiger partial charge in [0.05, 0.1) is 23.9 Å². The predicted octanol–water partition coefficient (Wildman–Crippen LogP) is 3.83. The molecular formula is C21H23N3O2S. The van der Waals surface area contributed by atoms with Gasteiger partial charge in [0.2, 0.25) is 0 Å². The lowest BCUT2D eigenvalue weighted by Gasteiger charge is -2.30. The van der Waals surface area contributed by atoms with E-state index in [9.17, 15) is 4.79 Å². The fourth-order valence-corrected chi connectivity index (χ4v) is 3.32. The Kier molecular flexibility index (Phi) is 5.76. The molecule has 0 fully saturated rings. The number of rotatable bonds is 5. The Bertz CT molecular complexity index is 891. The zero-order valence-corrected chi connectivity index (χ0v) is 16.4. The number of aryl methyl sites for hydroxylation is 1. The molecule has 5 nitrogen and oxygen atoms in total. The molecular weight excluding hydrogens is 358 g/mol. The second-order valence-corrected chi connectivity index (χ2v) is 6.77. The van der Waals surface area contributed by atoms with Crippen molar-refractivity contribution in [2.75, 3.05) is 11.9 Å². The fraction of sp³-hybridized carbons (Fsp3) is 0.238. The van der Waals surface area contributed by atoms with Crippen LogP contribution in [-0.4, -0.2) is 17.6 Å². The molecule has 1 aliphatic heterocycles. The van der Waals surface area contributed by atoms with E-state index in [-0.39, 0.29) is 11.9 Å². The largest absolute Gasteiger partial charge is 0.492 e. The molecule has 1 heterocycles. The SMILES string of the molecule is CCOc1ccccc1NC(=O)C1=C(C)NC(=S)NC1c1ccc(C)cc1. The number of ether oxygens (including phenoxy) is 1. The Balaban J connectivity index is 1.93. The number of hydrogen-bond acceptors (Lipinski definition) is 3. The third-order valence-electron chi connectivity index (χ3n) is 4.36. The van der Waals surface area contributed by atoms with Crippen molar-refractivity contribution in [3.05, 3.63) is 70.9 Å². The first-order valence-corrected chi connectivity index (χ1v) is 9.28. The van der Waals surface area contributed by atoms with Crippen LogP contribution >= 0.6 is 12.2 Å². The van der Waals surface area contributed by atoms with Crippen molar-refractivity contribution in [1.29, 1.82) is 0 Å². The van der Waals surface area contributed by atoms with Gasteiger partial charge in [-0.25, -0.2) is 0 Å². The van der Waals surface area contributed by atoms with Crippen molar-refractivity contribution in [2.45, 2.75) is 26.8 Å². The van der Waals surface area contributed by atoms with Gasteiger partial charge in [-0.1, -0.05) is 42.0 Å². The molecule has 0 bridgehead atoms. The highest BCUT2D eigenvalue weighted by molar-refractivity contribution is 7.80. The molecule has 3 N–H and O–H groups in total. The molecule has 0 aliphatic carbocycles. The molecule has 2 aromatic carbocycles. The Morgan fingerprint density at radius 2 is 1.85 bits per heavy atom. The summed E-state index contributed by atoms with van der Waals surface area (Å²) in [5, 5.41) is 9.74. The molecule has 0 saturated carbocycles. The van der Waals surface area contributed by atoms with Gasteiger partial charge in [0.1, 0.15) is 5.75 Å². The highest BCUT2D eigenvalue weighted by Gasteiger charge is 2.30. The van der Waals surface area contributed by atoms with E-state index in [4.69, 9.17) is 17.0 Å². The summed E-state index contributed by atoms with van der Waals surface area (Å²) in [7, 11) is 0. The topological polar surface area (TPSA) is 62.4 Å². The van der Waals surface area contributed by atoms with Crippen LogP contribution in [0.15, 0.2) is 59.8 Å². The van der Waals surface area contributed by atoms with E-state index in [1.165, 1.54) is 0 Å². The lowest BCUT2D eigenvalue weighted by molar-refractivity contribution is -0.113. The first-order valence-electron chi connectivity index (χ1n) is 8.87. The molecule has 0 saturated heterocycles. The van der Waals surface area contributed by atoms with Crippen LogP contribution in [0, 0.1) is 6.92 Å². The summed E-state index contributed by atoms with van der Waals surface area (Å²) in [4.78, 5) is 13.1. The van der Waals surface area contributed by atoms with Crippen LogP contribution in [0.3, 0.4) is 0 Å². The van der Waals surface area contributed by atoms with Gasteiger partial charge in [-0.05, 0) is 50.7 Å². The number of amides is 1. The zero-order valence-electron chi connectivity index (χ0n) is 15.6. The first-order chi connectivity index (χ1) is 13.0. The van der Waals surface area contributed by atoms with Gasteiger partial charge in [-0.2, -0.15) is 0 Å². The Labute approximate surface area is 164 Å². The summed E-state index contributed by atoms with van der Waals surface area (Å²) in [5.74, 6) is 0.443. The maximum absolute atomic E-state index is 13.1. The second kappa shape index (κ2) is 8.22. The van der Waals surface area contributed by atoms with E-state index < -0.39 is 0 Å². The molecule has 1 unspecified atom stereocenters. The van der Waals surface area contributed by atoms with Crippen LogP contribution in [0.1, 0.15) is 31.0 Å². The number of carbonyl (C=O) groups excluding carboxylic acids is 1. The average Bonchev–Trinajstić information content (AvgIpc) is 2.63. The molecule has 0 aromatic heterocycles. The predicted molar refractivity (Wildman–Crippen MR) is 112 cm³/mol. The molecule has 27 heavy (non-hydrogen) atoms. The van der Waals surface area contributed by atoms with Crippen LogP contribution in [0.25, 0.3) is 0 Å². The molecule has 0 spiro atoms. The van der Waals surface area contributed by atoms with Crippen molar-refractivity contribution in [3.8, 4) is 5.75 Å². The smallest absolute Gasteiger partial charge is 0.255 e. The van der Waals surface area contributed by atoms with Gasteiger partial charge in [0, 0.05) is 5.70 Å². The molecule has 1 amide bonds. The van der Waals surface area contributed by atoms with Crippen molar-refractivity contribution in [1.82, 2.24) is 10.6 Å². The standard InChI is InChI=1S/C21H23N3O2S/c1-4-26-17-8-6-5-7-16(17)23-20(25)18-14(3)22-21(27)24-19(18)15-11-9-13(2)10-12-15/h5-12,19H,4H2,1-3H3,(H,23,25)(H2,22,24,27). The van der Waals surface area contributed by atoms with Gasteiger partial charge in [0.25, 0.3) is 5.91 Å². The highest BCUT2D eigenvalue weighted by atomic mass is 32.1. The monoisotopic (exact) mass is 381 g/mol. The van der Waals surface area contributed by atoms with Gasteiger partial charge < -0.3 is 20.7 Å². The maximum atomic E-state index is 13.1. The van der Waals surface area contributed by atoms with Crippen molar-refractivity contribution < 1.29 is 9.53 Å². The van der Waals surface area contributed by atoms with Crippen LogP contribution < -0.4 is 20.7 Å². The number of thiocarbonyl (C=S) groups is 1. The second-order valence-electron chi connectivity index (χ2n) is 6.36. The maximum Gasteiger partial charge on any atom is 0.255 e. The van der Waals surface area contributed by atoms with E-state index in [1.54, 1.807) is 0 Å². The summed E-state index contributed by atoms with van der Waals surface area (Å²) in [6.45, 7) is 6.33. The lowest BCUT2D eigenvalue weighted by Crippen LogP contribution is -2.45. The number of allylic oxidation sites excluding steroid dienone is 1. The normalized spacial score (nSPS) is 16.4. The first kappa shape index (κ1) is 18.9. The van der Waals surface area contributed by atoms with E-state index in [0.717, 1.165) is 16.8 Å². The van der Waals surface area contributed by atoms with Gasteiger partial charge >= 0.3 is 0 Å².